The van der Waals surface area contributed by atoms with E-state index < -0.39 is 0 Å². The number of nitrogens with one attached hydrogen (secondary N) is 1. The fourth-order valence-corrected chi connectivity index (χ4v) is 3.55. The Morgan fingerprint density at radius 3 is 2.84 bits per heavy atom. The lowest BCUT2D eigenvalue weighted by Gasteiger charge is -2.28. The Labute approximate surface area is 124 Å². The molecule has 0 aliphatic carbocycles. The minimum Gasteiger partial charge on any atom is -0.385 e. The summed E-state index contributed by atoms with van der Waals surface area (Å²) >= 11 is 1.93. The number of anilines is 1. The van der Waals surface area contributed by atoms with Crippen LogP contribution in [-0.2, 0) is 6.42 Å². The van der Waals surface area contributed by atoms with Crippen molar-refractivity contribution < 1.29 is 4.79 Å². The fraction of sp³-hybridized carbons (Fsp3) is 0.500. The van der Waals surface area contributed by atoms with E-state index >= 15 is 0 Å². The van der Waals surface area contributed by atoms with Crippen LogP contribution in [-0.4, -0.2) is 41.9 Å². The number of halogens is 1. The maximum absolute atomic E-state index is 12.6. The second kappa shape index (κ2) is 6.53. The zero-order valence-electron chi connectivity index (χ0n) is 10.9. The van der Waals surface area contributed by atoms with Crippen LogP contribution in [0.2, 0.25) is 0 Å². The molecule has 0 spiro atoms. The van der Waals surface area contributed by atoms with Crippen LogP contribution in [0.3, 0.4) is 0 Å². The molecule has 104 valence electrons. The molecule has 3 nitrogen and oxygen atoms in total. The van der Waals surface area contributed by atoms with Crippen molar-refractivity contribution in [1.29, 1.82) is 0 Å². The summed E-state index contributed by atoms with van der Waals surface area (Å²) in [6.07, 6.45) is 2.14. The molecule has 1 aromatic rings. The number of carbonyl (C=O) groups excluding carboxylic acids is 1. The molecule has 0 bridgehead atoms. The zero-order chi connectivity index (χ0) is 12.4. The first kappa shape index (κ1) is 14.5. The van der Waals surface area contributed by atoms with Crippen molar-refractivity contribution in [2.24, 2.45) is 0 Å². The summed E-state index contributed by atoms with van der Waals surface area (Å²) in [6.45, 7) is 2.80. The molecule has 1 amide bonds. The third kappa shape index (κ3) is 3.00. The highest BCUT2D eigenvalue weighted by Crippen LogP contribution is 2.26. The number of rotatable bonds is 1. The van der Waals surface area contributed by atoms with Crippen molar-refractivity contribution in [2.75, 3.05) is 36.5 Å². The van der Waals surface area contributed by atoms with E-state index in [9.17, 15) is 4.79 Å². The van der Waals surface area contributed by atoms with E-state index in [2.05, 4.69) is 11.4 Å². The quantitative estimate of drug-likeness (QED) is 0.865. The Hall–Kier alpha value is -0.870. The van der Waals surface area contributed by atoms with Gasteiger partial charge >= 0.3 is 0 Å². The van der Waals surface area contributed by atoms with E-state index in [1.807, 2.05) is 28.8 Å². The molecule has 1 fully saturated rings. The molecule has 2 aliphatic heterocycles. The molecule has 1 aromatic carbocycles. The minimum atomic E-state index is 0. The maximum atomic E-state index is 12.6. The molecule has 2 heterocycles. The Bertz CT molecular complexity index is 461. The van der Waals surface area contributed by atoms with Gasteiger partial charge in [-0.1, -0.05) is 6.07 Å². The molecule has 0 saturated carbocycles. The monoisotopic (exact) mass is 298 g/mol. The lowest BCUT2D eigenvalue weighted by atomic mass is 9.97. The van der Waals surface area contributed by atoms with E-state index in [0.717, 1.165) is 55.2 Å². The minimum absolute atomic E-state index is 0. The summed E-state index contributed by atoms with van der Waals surface area (Å²) in [4.78, 5) is 14.6. The van der Waals surface area contributed by atoms with Gasteiger partial charge in [-0.05, 0) is 30.5 Å². The van der Waals surface area contributed by atoms with Crippen molar-refractivity contribution >= 4 is 35.8 Å². The summed E-state index contributed by atoms with van der Waals surface area (Å²) in [6, 6.07) is 6.05. The largest absolute Gasteiger partial charge is 0.385 e. The van der Waals surface area contributed by atoms with Gasteiger partial charge in [0, 0.05) is 42.4 Å². The standard InChI is InChI=1S/C14H18N2OS.ClH/c17-14(16-7-9-18-10-8-16)12-3-1-5-13-11(12)4-2-6-15-13;/h1,3,5,15H,2,4,6-10H2;1H. The number of fused-ring (bicyclic) bond motifs is 1. The smallest absolute Gasteiger partial charge is 0.254 e. The third-order valence-electron chi connectivity index (χ3n) is 3.62. The van der Waals surface area contributed by atoms with E-state index in [1.54, 1.807) is 0 Å². The van der Waals surface area contributed by atoms with Crippen molar-refractivity contribution in [3.8, 4) is 0 Å². The number of amides is 1. The normalized spacial score (nSPS) is 18.0. The molecule has 5 heteroatoms. The van der Waals surface area contributed by atoms with Gasteiger partial charge in [0.1, 0.15) is 0 Å². The van der Waals surface area contributed by atoms with E-state index in [0.29, 0.717) is 0 Å². The van der Waals surface area contributed by atoms with Gasteiger partial charge in [0.05, 0.1) is 0 Å². The van der Waals surface area contributed by atoms with Crippen LogP contribution < -0.4 is 5.32 Å². The van der Waals surface area contributed by atoms with Gasteiger partial charge in [0.25, 0.3) is 5.91 Å². The van der Waals surface area contributed by atoms with Crippen LogP contribution in [0.5, 0.6) is 0 Å². The first-order valence-corrected chi connectivity index (χ1v) is 7.74. The highest BCUT2D eigenvalue weighted by atomic mass is 35.5. The van der Waals surface area contributed by atoms with Gasteiger partial charge in [0.15, 0.2) is 0 Å². The van der Waals surface area contributed by atoms with Crippen LogP contribution in [0.4, 0.5) is 5.69 Å². The van der Waals surface area contributed by atoms with Crippen molar-refractivity contribution in [3.05, 3.63) is 29.3 Å². The van der Waals surface area contributed by atoms with Crippen molar-refractivity contribution in [2.45, 2.75) is 12.8 Å². The first-order valence-electron chi connectivity index (χ1n) is 6.59. The first-order chi connectivity index (χ1) is 8.86. The van der Waals surface area contributed by atoms with Gasteiger partial charge in [-0.2, -0.15) is 11.8 Å². The molecular formula is C14H19ClN2OS. The van der Waals surface area contributed by atoms with Gasteiger partial charge in [-0.25, -0.2) is 0 Å². The van der Waals surface area contributed by atoms with Crippen LogP contribution >= 0.6 is 24.2 Å². The Morgan fingerprint density at radius 2 is 2.05 bits per heavy atom. The van der Waals surface area contributed by atoms with E-state index in [4.69, 9.17) is 0 Å². The Morgan fingerprint density at radius 1 is 1.26 bits per heavy atom. The Balaban J connectivity index is 0.00000133. The van der Waals surface area contributed by atoms with Gasteiger partial charge < -0.3 is 10.2 Å². The van der Waals surface area contributed by atoms with Crippen molar-refractivity contribution in [3.63, 3.8) is 0 Å². The van der Waals surface area contributed by atoms with Crippen LogP contribution in [0.1, 0.15) is 22.3 Å². The van der Waals surface area contributed by atoms with E-state index in [1.165, 1.54) is 5.56 Å². The number of thioether (sulfide) groups is 1. The lowest BCUT2D eigenvalue weighted by Crippen LogP contribution is -2.38. The topological polar surface area (TPSA) is 32.3 Å². The van der Waals surface area contributed by atoms with Crippen LogP contribution in [0, 0.1) is 0 Å². The molecule has 19 heavy (non-hydrogen) atoms. The predicted molar refractivity (Wildman–Crippen MR) is 83.7 cm³/mol. The summed E-state index contributed by atoms with van der Waals surface area (Å²) in [5.41, 5.74) is 3.28. The summed E-state index contributed by atoms with van der Waals surface area (Å²) in [5.74, 6) is 2.36. The summed E-state index contributed by atoms with van der Waals surface area (Å²) < 4.78 is 0. The third-order valence-corrected chi connectivity index (χ3v) is 4.57. The molecule has 0 atom stereocenters. The number of nitrogens with zero attached hydrogens (tertiary/aromatic N) is 1. The average Bonchev–Trinajstić information content (AvgIpc) is 2.47. The molecular weight excluding hydrogens is 280 g/mol. The molecule has 1 saturated heterocycles. The zero-order valence-corrected chi connectivity index (χ0v) is 12.5. The highest BCUT2D eigenvalue weighted by Gasteiger charge is 2.23. The van der Waals surface area contributed by atoms with Gasteiger partial charge in [-0.15, -0.1) is 12.4 Å². The average molecular weight is 299 g/mol. The van der Waals surface area contributed by atoms with Crippen LogP contribution in [0.25, 0.3) is 0 Å². The predicted octanol–water partition coefficient (Wildman–Crippen LogP) is 2.66. The van der Waals surface area contributed by atoms with Crippen LogP contribution in [0.15, 0.2) is 18.2 Å². The highest BCUT2D eigenvalue weighted by molar-refractivity contribution is 7.99. The molecule has 0 aromatic heterocycles. The fourth-order valence-electron chi connectivity index (χ4n) is 2.65. The number of hydrogen-bond donors (Lipinski definition) is 1. The molecule has 2 aliphatic rings. The molecule has 0 unspecified atom stereocenters. The second-order valence-electron chi connectivity index (χ2n) is 4.77. The second-order valence-corrected chi connectivity index (χ2v) is 5.99. The molecule has 1 N–H and O–H groups in total. The lowest BCUT2D eigenvalue weighted by molar-refractivity contribution is 0.0771. The van der Waals surface area contributed by atoms with Gasteiger partial charge in [-0.3, -0.25) is 4.79 Å². The maximum Gasteiger partial charge on any atom is 0.254 e. The number of benzene rings is 1. The Kier molecular flexibility index (Phi) is 4.99. The summed E-state index contributed by atoms with van der Waals surface area (Å²) in [5, 5.41) is 3.39. The molecule has 3 rings (SSSR count). The number of hydrogen-bond acceptors (Lipinski definition) is 3. The van der Waals surface area contributed by atoms with E-state index in [-0.39, 0.29) is 18.3 Å². The van der Waals surface area contributed by atoms with Crippen molar-refractivity contribution in [1.82, 2.24) is 4.90 Å². The molecule has 0 radical (unpaired) electrons. The summed E-state index contributed by atoms with van der Waals surface area (Å²) in [7, 11) is 0. The SMILES string of the molecule is Cl.O=C(c1cccc2c1CCCN2)N1CCSCC1. The van der Waals surface area contributed by atoms with Gasteiger partial charge in [0.2, 0.25) is 0 Å². The number of carbonyl (C=O) groups is 1.